The third-order valence-electron chi connectivity index (χ3n) is 2.81. The van der Waals surface area contributed by atoms with Crippen molar-refractivity contribution in [3.05, 3.63) is 30.1 Å². The summed E-state index contributed by atoms with van der Waals surface area (Å²) in [6.07, 6.45) is 6.03. The lowest BCUT2D eigenvalue weighted by Gasteiger charge is -2.06. The van der Waals surface area contributed by atoms with Crippen LogP contribution in [-0.4, -0.2) is 31.9 Å². The lowest BCUT2D eigenvalue weighted by atomic mass is 10.3. The summed E-state index contributed by atoms with van der Waals surface area (Å²) in [5.41, 5.74) is 7.10. The van der Waals surface area contributed by atoms with Gasteiger partial charge in [-0.15, -0.1) is 0 Å². The van der Waals surface area contributed by atoms with Crippen molar-refractivity contribution in [3.8, 4) is 0 Å². The number of nitrogens with two attached hydrogens (primary N) is 1. The van der Waals surface area contributed by atoms with E-state index >= 15 is 0 Å². The molecule has 2 rings (SSSR count). The van der Waals surface area contributed by atoms with Crippen LogP contribution in [0, 0.1) is 6.92 Å². The molecule has 2 aromatic rings. The van der Waals surface area contributed by atoms with Gasteiger partial charge in [-0.1, -0.05) is 0 Å². The Labute approximate surface area is 111 Å². The first-order chi connectivity index (χ1) is 9.09. The van der Waals surface area contributed by atoms with Crippen LogP contribution in [0.3, 0.4) is 0 Å². The van der Waals surface area contributed by atoms with E-state index in [4.69, 9.17) is 10.5 Å². The lowest BCUT2D eigenvalue weighted by molar-refractivity contribution is 0.0484. The number of hydrogen-bond donors (Lipinski definition) is 1. The first kappa shape index (κ1) is 13.1. The fourth-order valence-electron chi connectivity index (χ4n) is 1.82. The molecule has 2 heterocycles. The molecule has 0 bridgehead atoms. The summed E-state index contributed by atoms with van der Waals surface area (Å²) in [6.45, 7) is 2.85. The first-order valence-corrected chi connectivity index (χ1v) is 6.01. The van der Waals surface area contributed by atoms with Gasteiger partial charge in [-0.2, -0.15) is 5.10 Å². The largest absolute Gasteiger partial charge is 0.461 e. The Balaban J connectivity index is 1.84. The van der Waals surface area contributed by atoms with E-state index in [0.29, 0.717) is 23.7 Å². The highest BCUT2D eigenvalue weighted by molar-refractivity contribution is 5.93. The molecule has 0 saturated heterocycles. The minimum Gasteiger partial charge on any atom is -0.461 e. The standard InChI is InChI=1S/C12H17N5O2/c1-9-10(13)11(16(2)15-9)12(18)19-7-3-5-17-6-4-14-8-17/h4,6,8H,3,5,7,13H2,1-2H3. The molecule has 0 atom stereocenters. The average Bonchev–Trinajstić information content (AvgIpc) is 2.95. The maximum atomic E-state index is 11.9. The number of carbonyl (C=O) groups excluding carboxylic acids is 1. The molecule has 19 heavy (non-hydrogen) atoms. The smallest absolute Gasteiger partial charge is 0.358 e. The highest BCUT2D eigenvalue weighted by Gasteiger charge is 2.18. The number of carbonyl (C=O) groups is 1. The van der Waals surface area contributed by atoms with Crippen molar-refractivity contribution < 1.29 is 9.53 Å². The summed E-state index contributed by atoms with van der Waals surface area (Å²) in [7, 11) is 1.67. The Bertz CT molecular complexity index is 559. The molecule has 0 aromatic carbocycles. The van der Waals surface area contributed by atoms with Crippen LogP contribution in [0.15, 0.2) is 18.7 Å². The lowest BCUT2D eigenvalue weighted by Crippen LogP contribution is -2.14. The molecule has 0 fully saturated rings. The van der Waals surface area contributed by atoms with Gasteiger partial charge in [0.2, 0.25) is 0 Å². The quantitative estimate of drug-likeness (QED) is 0.635. The van der Waals surface area contributed by atoms with Gasteiger partial charge in [0, 0.05) is 26.0 Å². The Morgan fingerprint density at radius 2 is 2.32 bits per heavy atom. The Morgan fingerprint density at radius 1 is 1.53 bits per heavy atom. The zero-order valence-corrected chi connectivity index (χ0v) is 11.0. The molecule has 7 nitrogen and oxygen atoms in total. The highest BCUT2D eigenvalue weighted by Crippen LogP contribution is 2.16. The van der Waals surface area contributed by atoms with E-state index in [0.717, 1.165) is 13.0 Å². The third kappa shape index (κ3) is 2.93. The molecule has 7 heteroatoms. The van der Waals surface area contributed by atoms with Crippen molar-refractivity contribution in [2.24, 2.45) is 7.05 Å². The van der Waals surface area contributed by atoms with Gasteiger partial charge in [0.25, 0.3) is 0 Å². The number of nitrogens with zero attached hydrogens (tertiary/aromatic N) is 4. The van der Waals surface area contributed by atoms with E-state index in [1.165, 1.54) is 4.68 Å². The van der Waals surface area contributed by atoms with Crippen LogP contribution in [0.5, 0.6) is 0 Å². The van der Waals surface area contributed by atoms with Crippen molar-refractivity contribution >= 4 is 11.7 Å². The van der Waals surface area contributed by atoms with Crippen molar-refractivity contribution in [2.75, 3.05) is 12.3 Å². The van der Waals surface area contributed by atoms with E-state index in [2.05, 4.69) is 10.1 Å². The summed E-state index contributed by atoms with van der Waals surface area (Å²) in [4.78, 5) is 15.8. The fraction of sp³-hybridized carbons (Fsp3) is 0.417. The van der Waals surface area contributed by atoms with E-state index in [1.54, 1.807) is 26.5 Å². The maximum Gasteiger partial charge on any atom is 0.358 e. The number of aryl methyl sites for hydroxylation is 3. The minimum atomic E-state index is -0.439. The second kappa shape index (κ2) is 5.55. The van der Waals surface area contributed by atoms with Gasteiger partial charge in [-0.05, 0) is 13.3 Å². The molecular formula is C12H17N5O2. The molecule has 0 aliphatic rings. The van der Waals surface area contributed by atoms with E-state index < -0.39 is 5.97 Å². The van der Waals surface area contributed by atoms with Crippen LogP contribution >= 0.6 is 0 Å². The number of nitrogen functional groups attached to an aromatic ring is 1. The summed E-state index contributed by atoms with van der Waals surface area (Å²) >= 11 is 0. The van der Waals surface area contributed by atoms with E-state index in [-0.39, 0.29) is 0 Å². The number of hydrogen-bond acceptors (Lipinski definition) is 5. The van der Waals surface area contributed by atoms with Gasteiger partial charge in [0.1, 0.15) is 0 Å². The molecule has 2 N–H and O–H groups in total. The average molecular weight is 263 g/mol. The normalized spacial score (nSPS) is 10.6. The van der Waals surface area contributed by atoms with Gasteiger partial charge < -0.3 is 15.0 Å². The maximum absolute atomic E-state index is 11.9. The Kier molecular flexibility index (Phi) is 3.84. The zero-order valence-electron chi connectivity index (χ0n) is 11.0. The van der Waals surface area contributed by atoms with Crippen molar-refractivity contribution in [2.45, 2.75) is 19.9 Å². The molecule has 0 unspecified atom stereocenters. The van der Waals surface area contributed by atoms with Crippen molar-refractivity contribution in [1.82, 2.24) is 19.3 Å². The highest BCUT2D eigenvalue weighted by atomic mass is 16.5. The van der Waals surface area contributed by atoms with Crippen LogP contribution in [0.1, 0.15) is 22.6 Å². The summed E-state index contributed by atoms with van der Waals surface area (Å²) < 4.78 is 8.56. The molecule has 0 amide bonds. The Morgan fingerprint density at radius 3 is 2.89 bits per heavy atom. The van der Waals surface area contributed by atoms with E-state index in [1.807, 2.05) is 10.8 Å². The topological polar surface area (TPSA) is 88.0 Å². The summed E-state index contributed by atoms with van der Waals surface area (Å²) in [5, 5.41) is 4.08. The third-order valence-corrected chi connectivity index (χ3v) is 2.81. The fourth-order valence-corrected chi connectivity index (χ4v) is 1.82. The minimum absolute atomic E-state index is 0.306. The monoisotopic (exact) mass is 263 g/mol. The van der Waals surface area contributed by atoms with Crippen LogP contribution in [0.25, 0.3) is 0 Å². The van der Waals surface area contributed by atoms with Crippen LogP contribution in [-0.2, 0) is 18.3 Å². The molecule has 0 radical (unpaired) electrons. The van der Waals surface area contributed by atoms with E-state index in [9.17, 15) is 4.79 Å². The molecule has 2 aromatic heterocycles. The SMILES string of the molecule is Cc1nn(C)c(C(=O)OCCCn2ccnc2)c1N. The van der Waals surface area contributed by atoms with Crippen molar-refractivity contribution in [3.63, 3.8) is 0 Å². The molecule has 102 valence electrons. The number of aromatic nitrogens is 4. The van der Waals surface area contributed by atoms with Gasteiger partial charge >= 0.3 is 5.97 Å². The molecular weight excluding hydrogens is 246 g/mol. The number of rotatable bonds is 5. The first-order valence-electron chi connectivity index (χ1n) is 6.01. The van der Waals surface area contributed by atoms with Gasteiger partial charge in [0.05, 0.1) is 24.3 Å². The molecule has 0 spiro atoms. The Hall–Kier alpha value is -2.31. The second-order valence-electron chi connectivity index (χ2n) is 4.26. The number of anilines is 1. The van der Waals surface area contributed by atoms with Crippen molar-refractivity contribution in [1.29, 1.82) is 0 Å². The van der Waals surface area contributed by atoms with Gasteiger partial charge in [-0.25, -0.2) is 9.78 Å². The van der Waals surface area contributed by atoms with Crippen LogP contribution in [0.4, 0.5) is 5.69 Å². The number of imidazole rings is 1. The number of esters is 1. The molecule has 0 aliphatic heterocycles. The van der Waals surface area contributed by atoms with Crippen LogP contribution < -0.4 is 5.73 Å². The van der Waals surface area contributed by atoms with Crippen LogP contribution in [0.2, 0.25) is 0 Å². The predicted octanol–water partition coefficient (Wildman–Crippen LogP) is 0.754. The second-order valence-corrected chi connectivity index (χ2v) is 4.26. The predicted molar refractivity (Wildman–Crippen MR) is 69.5 cm³/mol. The summed E-state index contributed by atoms with van der Waals surface area (Å²) in [6, 6.07) is 0. The molecule has 0 aliphatic carbocycles. The summed E-state index contributed by atoms with van der Waals surface area (Å²) in [5.74, 6) is -0.439. The zero-order chi connectivity index (χ0) is 13.8. The molecule has 0 saturated carbocycles. The van der Waals surface area contributed by atoms with Gasteiger partial charge in [0.15, 0.2) is 5.69 Å². The van der Waals surface area contributed by atoms with Gasteiger partial charge in [-0.3, -0.25) is 4.68 Å². The number of ether oxygens (including phenoxy) is 1.